The van der Waals surface area contributed by atoms with Gasteiger partial charge in [-0.25, -0.2) is 0 Å². The van der Waals surface area contributed by atoms with E-state index in [1.807, 2.05) is 0 Å². The molecule has 0 saturated carbocycles. The molecule has 2 N–H and O–H groups in total. The quantitative estimate of drug-likeness (QED) is 0.430. The number of hydrogen-bond acceptors (Lipinski definition) is 6. The zero-order valence-corrected chi connectivity index (χ0v) is 19.3. The molecule has 3 aromatic carbocycles. The molecule has 174 valence electrons. The van der Waals surface area contributed by atoms with Crippen molar-refractivity contribution in [3.63, 3.8) is 0 Å². The van der Waals surface area contributed by atoms with Crippen molar-refractivity contribution in [1.82, 2.24) is 0 Å². The Balaban J connectivity index is 1.52. The Labute approximate surface area is 195 Å². The normalized spacial score (nSPS) is 14.0. The molecule has 6 nitrogen and oxygen atoms in total. The van der Waals surface area contributed by atoms with Crippen LogP contribution in [0.3, 0.4) is 0 Å². The van der Waals surface area contributed by atoms with Crippen LogP contribution in [0.25, 0.3) is 0 Å². The number of ether oxygens (including phenoxy) is 3. The van der Waals surface area contributed by atoms with E-state index in [4.69, 9.17) is 19.3 Å². The summed E-state index contributed by atoms with van der Waals surface area (Å²) in [7, 11) is 3.89. The van der Waals surface area contributed by atoms with Crippen LogP contribution in [0.5, 0.6) is 0 Å². The predicted octanol–water partition coefficient (Wildman–Crippen LogP) is 4.14. The van der Waals surface area contributed by atoms with Crippen molar-refractivity contribution in [3.05, 3.63) is 89.5 Å². The lowest BCUT2D eigenvalue weighted by Crippen LogP contribution is -2.38. The molecule has 0 aliphatic carbocycles. The van der Waals surface area contributed by atoms with Crippen LogP contribution in [-0.4, -0.2) is 58.8 Å². The second kappa shape index (κ2) is 10.8. The second-order valence-corrected chi connectivity index (χ2v) is 7.93. The van der Waals surface area contributed by atoms with Gasteiger partial charge in [0.25, 0.3) is 0 Å². The van der Waals surface area contributed by atoms with Crippen LogP contribution in [-0.2, 0) is 19.8 Å². The number of benzene rings is 3. The van der Waals surface area contributed by atoms with Crippen LogP contribution in [0, 0.1) is 0 Å². The van der Waals surface area contributed by atoms with Crippen molar-refractivity contribution in [2.75, 3.05) is 64.0 Å². The lowest BCUT2D eigenvalue weighted by Gasteiger charge is -2.43. The Kier molecular flexibility index (Phi) is 7.62. The van der Waals surface area contributed by atoms with Gasteiger partial charge in [-0.1, -0.05) is 48.5 Å². The van der Waals surface area contributed by atoms with E-state index >= 15 is 0 Å². The summed E-state index contributed by atoms with van der Waals surface area (Å²) in [6.45, 7) is 2.68. The number of hydrogen-bond donors (Lipinski definition) is 2. The summed E-state index contributed by atoms with van der Waals surface area (Å²) in [6, 6.07) is 25.3. The third-order valence-electron chi connectivity index (χ3n) is 6.07. The lowest BCUT2D eigenvalue weighted by atomic mass is 9.76. The van der Waals surface area contributed by atoms with Gasteiger partial charge in [-0.3, -0.25) is 0 Å². The van der Waals surface area contributed by atoms with Crippen molar-refractivity contribution in [1.29, 1.82) is 0 Å². The monoisotopic (exact) mass is 448 g/mol. The standard InChI is InChI=1S/C27H32N2O4/c1-29-25-9-5-3-7-23(25)27(31-2,24-8-4-6-10-26(24)29)21-11-13-22(14-12-21)28-15-17-32-19-20-33-18-16-30/h3-14,28,30H,15-20H2,1-2H3. The van der Waals surface area contributed by atoms with Gasteiger partial charge >= 0.3 is 0 Å². The minimum absolute atomic E-state index is 0.0375. The van der Waals surface area contributed by atoms with Crippen molar-refractivity contribution in [2.24, 2.45) is 0 Å². The third kappa shape index (κ3) is 4.61. The van der Waals surface area contributed by atoms with Crippen LogP contribution in [0.1, 0.15) is 16.7 Å². The molecule has 0 radical (unpaired) electrons. The highest BCUT2D eigenvalue weighted by Crippen LogP contribution is 2.52. The van der Waals surface area contributed by atoms with Gasteiger partial charge in [0, 0.05) is 48.9 Å². The molecule has 0 aromatic heterocycles. The maximum atomic E-state index is 8.69. The van der Waals surface area contributed by atoms with Gasteiger partial charge in [0.15, 0.2) is 0 Å². The minimum atomic E-state index is -0.685. The Morgan fingerprint density at radius 1 is 0.788 bits per heavy atom. The van der Waals surface area contributed by atoms with Crippen LogP contribution in [0.15, 0.2) is 72.8 Å². The van der Waals surface area contributed by atoms with Crippen molar-refractivity contribution in [2.45, 2.75) is 5.60 Å². The molecular formula is C27H32N2O4. The Morgan fingerprint density at radius 2 is 1.36 bits per heavy atom. The number of nitrogens with zero attached hydrogens (tertiary/aromatic N) is 1. The summed E-state index contributed by atoms with van der Waals surface area (Å²) in [5.74, 6) is 0. The summed E-state index contributed by atoms with van der Waals surface area (Å²) in [4.78, 5) is 2.23. The first-order chi connectivity index (χ1) is 16.2. The van der Waals surface area contributed by atoms with Gasteiger partial charge in [-0.15, -0.1) is 0 Å². The molecule has 0 atom stereocenters. The fraction of sp³-hybridized carbons (Fsp3) is 0.333. The first-order valence-corrected chi connectivity index (χ1v) is 11.3. The maximum Gasteiger partial charge on any atom is 0.147 e. The summed E-state index contributed by atoms with van der Waals surface area (Å²) >= 11 is 0. The van der Waals surface area contributed by atoms with Crippen LogP contribution >= 0.6 is 0 Å². The van der Waals surface area contributed by atoms with E-state index in [1.54, 1.807) is 7.11 Å². The van der Waals surface area contributed by atoms with Gasteiger partial charge in [-0.05, 0) is 29.8 Å². The zero-order valence-electron chi connectivity index (χ0n) is 19.3. The Bertz CT molecular complexity index is 991. The minimum Gasteiger partial charge on any atom is -0.394 e. The number of methoxy groups -OCH3 is 1. The molecule has 0 fully saturated rings. The highest BCUT2D eigenvalue weighted by atomic mass is 16.5. The average molecular weight is 449 g/mol. The molecule has 1 aliphatic heterocycles. The highest BCUT2D eigenvalue weighted by Gasteiger charge is 2.44. The molecular weight excluding hydrogens is 416 g/mol. The van der Waals surface area contributed by atoms with E-state index in [9.17, 15) is 0 Å². The van der Waals surface area contributed by atoms with E-state index in [2.05, 4.69) is 90.1 Å². The molecule has 0 amide bonds. The van der Waals surface area contributed by atoms with E-state index in [-0.39, 0.29) is 6.61 Å². The summed E-state index contributed by atoms with van der Waals surface area (Å²) < 4.78 is 17.1. The molecule has 0 bridgehead atoms. The molecule has 3 aromatic rings. The largest absolute Gasteiger partial charge is 0.394 e. The van der Waals surface area contributed by atoms with E-state index in [0.717, 1.165) is 33.8 Å². The number of rotatable bonds is 11. The first kappa shape index (κ1) is 23.3. The molecule has 6 heteroatoms. The maximum absolute atomic E-state index is 8.69. The van der Waals surface area contributed by atoms with Gasteiger partial charge < -0.3 is 29.5 Å². The number of aliphatic hydroxyl groups is 1. The smallest absolute Gasteiger partial charge is 0.147 e. The van der Waals surface area contributed by atoms with Gasteiger partial charge in [0.1, 0.15) is 5.60 Å². The SMILES string of the molecule is COC1(c2ccc(NCCOCCOCCO)cc2)c2ccccc2N(C)c2ccccc21. The van der Waals surface area contributed by atoms with Crippen molar-refractivity contribution >= 4 is 17.1 Å². The molecule has 4 rings (SSSR count). The summed E-state index contributed by atoms with van der Waals surface area (Å²) in [5.41, 5.74) is 5.97. The van der Waals surface area contributed by atoms with E-state index in [1.165, 1.54) is 0 Å². The first-order valence-electron chi connectivity index (χ1n) is 11.3. The molecule has 1 aliphatic rings. The third-order valence-corrected chi connectivity index (χ3v) is 6.07. The average Bonchev–Trinajstić information content (AvgIpc) is 2.87. The topological polar surface area (TPSA) is 63.2 Å². The summed E-state index contributed by atoms with van der Waals surface area (Å²) in [5, 5.41) is 12.1. The van der Waals surface area contributed by atoms with Crippen LogP contribution in [0.2, 0.25) is 0 Å². The number of anilines is 3. The molecule has 0 saturated heterocycles. The van der Waals surface area contributed by atoms with E-state index in [0.29, 0.717) is 33.0 Å². The summed E-state index contributed by atoms with van der Waals surface area (Å²) in [6.07, 6.45) is 0. The van der Waals surface area contributed by atoms with E-state index < -0.39 is 5.60 Å². The van der Waals surface area contributed by atoms with Gasteiger partial charge in [0.2, 0.25) is 0 Å². The number of aliphatic hydroxyl groups excluding tert-OH is 1. The highest BCUT2D eigenvalue weighted by molar-refractivity contribution is 5.79. The number of fused-ring (bicyclic) bond motifs is 2. The molecule has 0 unspecified atom stereocenters. The van der Waals surface area contributed by atoms with Crippen LogP contribution < -0.4 is 10.2 Å². The Hall–Kier alpha value is -2.90. The second-order valence-electron chi connectivity index (χ2n) is 7.93. The number of nitrogens with one attached hydrogen (secondary N) is 1. The molecule has 0 spiro atoms. The lowest BCUT2D eigenvalue weighted by molar-refractivity contribution is 0.0361. The van der Waals surface area contributed by atoms with Gasteiger partial charge in [-0.2, -0.15) is 0 Å². The Morgan fingerprint density at radius 3 is 1.94 bits per heavy atom. The van der Waals surface area contributed by atoms with Crippen LogP contribution in [0.4, 0.5) is 17.1 Å². The fourth-order valence-electron chi connectivity index (χ4n) is 4.53. The van der Waals surface area contributed by atoms with Gasteiger partial charge in [0.05, 0.1) is 33.0 Å². The van der Waals surface area contributed by atoms with Crippen molar-refractivity contribution < 1.29 is 19.3 Å². The zero-order chi connectivity index (χ0) is 23.1. The molecule has 1 heterocycles. The molecule has 33 heavy (non-hydrogen) atoms. The fourth-order valence-corrected chi connectivity index (χ4v) is 4.53. The number of para-hydroxylation sites is 2. The van der Waals surface area contributed by atoms with Crippen molar-refractivity contribution in [3.8, 4) is 0 Å². The predicted molar refractivity (Wildman–Crippen MR) is 131 cm³/mol.